The summed E-state index contributed by atoms with van der Waals surface area (Å²) < 4.78 is 25.3. The lowest BCUT2D eigenvalue weighted by molar-refractivity contribution is 0.353. The minimum atomic E-state index is -3.67. The normalized spacial score (nSPS) is 19.0. The number of ether oxygens (including phenoxy) is 1. The first kappa shape index (κ1) is 6.50. The summed E-state index contributed by atoms with van der Waals surface area (Å²) >= 11 is 0. The van der Waals surface area contributed by atoms with E-state index in [2.05, 4.69) is 14.9 Å². The van der Waals surface area contributed by atoms with Crippen molar-refractivity contribution < 1.29 is 13.2 Å². The van der Waals surface area contributed by atoms with Gasteiger partial charge >= 0.3 is 5.23 Å². The maximum Gasteiger partial charge on any atom is 0.320 e. The highest BCUT2D eigenvalue weighted by molar-refractivity contribution is 8.04. The van der Waals surface area contributed by atoms with Crippen LogP contribution in [0.5, 0.6) is 0 Å². The zero-order chi connectivity index (χ0) is 6.91. The molecule has 0 fully saturated rings. The Bertz CT molecular complexity index is 229. The summed E-state index contributed by atoms with van der Waals surface area (Å²) in [6, 6.07) is 0. The van der Waals surface area contributed by atoms with Crippen LogP contribution in [0.3, 0.4) is 0 Å². The third-order valence-electron chi connectivity index (χ3n) is 0.801. The number of nitrogens with zero attached hydrogens (tertiary/aromatic N) is 1. The van der Waals surface area contributed by atoms with Crippen LogP contribution in [0.1, 0.15) is 0 Å². The Labute approximate surface area is 52.6 Å². The van der Waals surface area contributed by atoms with Crippen LogP contribution < -0.4 is 5.14 Å². The van der Waals surface area contributed by atoms with Gasteiger partial charge in [-0.2, -0.15) is 0 Å². The predicted octanol–water partition coefficient (Wildman–Crippen LogP) is -1.34. The fourth-order valence-corrected chi connectivity index (χ4v) is 1.01. The van der Waals surface area contributed by atoms with Crippen molar-refractivity contribution in [2.45, 2.75) is 0 Å². The molecular formula is C3H6N2O3S. The lowest BCUT2D eigenvalue weighted by atomic mass is 10.8. The van der Waals surface area contributed by atoms with E-state index in [1.807, 2.05) is 0 Å². The minimum absolute atomic E-state index is 0.311. The Morgan fingerprint density at radius 2 is 2.33 bits per heavy atom. The maximum atomic E-state index is 10.4. The van der Waals surface area contributed by atoms with Gasteiger partial charge in [-0.3, -0.25) is 0 Å². The number of aliphatic imine (C=N–C) groups is 1. The molecule has 0 unspecified atom stereocenters. The van der Waals surface area contributed by atoms with Gasteiger partial charge in [0, 0.05) is 0 Å². The summed E-state index contributed by atoms with van der Waals surface area (Å²) in [5.41, 5.74) is 0. The predicted molar refractivity (Wildman–Crippen MR) is 31.4 cm³/mol. The van der Waals surface area contributed by atoms with Crippen molar-refractivity contribution in [1.29, 1.82) is 0 Å². The number of hydrogen-bond acceptors (Lipinski definition) is 4. The van der Waals surface area contributed by atoms with E-state index in [1.165, 1.54) is 0 Å². The minimum Gasteiger partial charge on any atom is -0.467 e. The molecule has 1 aliphatic heterocycles. The van der Waals surface area contributed by atoms with E-state index in [4.69, 9.17) is 0 Å². The maximum absolute atomic E-state index is 10.4. The molecule has 0 amide bonds. The van der Waals surface area contributed by atoms with Gasteiger partial charge in [0.1, 0.15) is 6.61 Å². The molecule has 5 nitrogen and oxygen atoms in total. The van der Waals surface area contributed by atoms with Gasteiger partial charge < -0.3 is 4.74 Å². The lowest BCUT2D eigenvalue weighted by Crippen LogP contribution is -2.23. The molecule has 1 heterocycles. The first-order valence-corrected chi connectivity index (χ1v) is 3.85. The summed E-state index contributed by atoms with van der Waals surface area (Å²) in [5, 5.41) is 4.31. The van der Waals surface area contributed by atoms with Crippen molar-refractivity contribution >= 4 is 15.3 Å². The molecule has 0 bridgehead atoms. The molecule has 1 rings (SSSR count). The Morgan fingerprint density at radius 3 is 2.56 bits per heavy atom. The molecule has 52 valence electrons. The monoisotopic (exact) mass is 150 g/mol. The van der Waals surface area contributed by atoms with Gasteiger partial charge in [-0.15, -0.1) is 0 Å². The lowest BCUT2D eigenvalue weighted by Gasteiger charge is -1.94. The van der Waals surface area contributed by atoms with E-state index in [-0.39, 0.29) is 5.23 Å². The Kier molecular flexibility index (Phi) is 1.42. The van der Waals surface area contributed by atoms with Crippen LogP contribution in [0, 0.1) is 0 Å². The average Bonchev–Trinajstić information content (AvgIpc) is 2.08. The second-order valence-electron chi connectivity index (χ2n) is 1.54. The first-order chi connectivity index (χ1) is 4.11. The van der Waals surface area contributed by atoms with Crippen LogP contribution in [-0.2, 0) is 14.8 Å². The van der Waals surface area contributed by atoms with E-state index in [1.54, 1.807) is 0 Å². The van der Waals surface area contributed by atoms with Crippen LogP contribution in [0.15, 0.2) is 4.99 Å². The third kappa shape index (κ3) is 1.39. The molecule has 0 radical (unpaired) electrons. The van der Waals surface area contributed by atoms with Gasteiger partial charge in [0.05, 0.1) is 6.54 Å². The van der Waals surface area contributed by atoms with Gasteiger partial charge in [-0.1, -0.05) is 0 Å². The second kappa shape index (κ2) is 1.96. The van der Waals surface area contributed by atoms with Crippen molar-refractivity contribution in [2.24, 2.45) is 10.1 Å². The largest absolute Gasteiger partial charge is 0.467 e. The van der Waals surface area contributed by atoms with Crippen LogP contribution >= 0.6 is 0 Å². The molecule has 0 aliphatic carbocycles. The summed E-state index contributed by atoms with van der Waals surface area (Å²) in [5.74, 6) is 0. The molecule has 0 saturated heterocycles. The highest BCUT2D eigenvalue weighted by Gasteiger charge is 2.18. The van der Waals surface area contributed by atoms with Gasteiger partial charge in [0.25, 0.3) is 10.0 Å². The summed E-state index contributed by atoms with van der Waals surface area (Å²) in [7, 11) is -3.67. The molecule has 0 atom stereocenters. The van der Waals surface area contributed by atoms with E-state index < -0.39 is 10.0 Å². The van der Waals surface area contributed by atoms with E-state index in [0.717, 1.165) is 0 Å². The molecule has 1 aliphatic rings. The standard InChI is InChI=1S/C3H6N2O3S/c4-9(6,7)3-5-1-2-8-3/h1-2H2,(H2,4,6,7). The first-order valence-electron chi connectivity index (χ1n) is 2.31. The molecule has 6 heteroatoms. The zero-order valence-corrected chi connectivity index (χ0v) is 5.39. The van der Waals surface area contributed by atoms with Crippen molar-refractivity contribution in [3.8, 4) is 0 Å². The molecule has 0 saturated carbocycles. The fraction of sp³-hybridized carbons (Fsp3) is 0.667. The summed E-state index contributed by atoms with van der Waals surface area (Å²) in [6.45, 7) is 0.692. The van der Waals surface area contributed by atoms with Crippen molar-refractivity contribution in [1.82, 2.24) is 0 Å². The SMILES string of the molecule is NS(=O)(=O)C1=NCCO1. The molecule has 0 aromatic rings. The van der Waals surface area contributed by atoms with E-state index in [0.29, 0.717) is 13.2 Å². The van der Waals surface area contributed by atoms with Gasteiger partial charge in [-0.05, 0) is 0 Å². The van der Waals surface area contributed by atoms with Crippen LogP contribution in [-0.4, -0.2) is 26.8 Å². The van der Waals surface area contributed by atoms with Crippen molar-refractivity contribution in [2.75, 3.05) is 13.2 Å². The Morgan fingerprint density at radius 1 is 1.67 bits per heavy atom. The third-order valence-corrected chi connectivity index (χ3v) is 1.53. The molecule has 0 spiro atoms. The van der Waals surface area contributed by atoms with Crippen molar-refractivity contribution in [3.05, 3.63) is 0 Å². The van der Waals surface area contributed by atoms with Gasteiger partial charge in [0.2, 0.25) is 0 Å². The molecule has 9 heavy (non-hydrogen) atoms. The van der Waals surface area contributed by atoms with Gasteiger partial charge in [-0.25, -0.2) is 18.5 Å². The average molecular weight is 150 g/mol. The quantitative estimate of drug-likeness (QED) is 0.464. The fourth-order valence-electron chi connectivity index (χ4n) is 0.488. The van der Waals surface area contributed by atoms with Crippen LogP contribution in [0.4, 0.5) is 0 Å². The molecule has 2 N–H and O–H groups in total. The van der Waals surface area contributed by atoms with Gasteiger partial charge in [0.15, 0.2) is 0 Å². The Balaban J connectivity index is 2.87. The number of rotatable bonds is 0. The van der Waals surface area contributed by atoms with E-state index >= 15 is 0 Å². The second-order valence-corrected chi connectivity index (χ2v) is 2.98. The zero-order valence-electron chi connectivity index (χ0n) is 4.57. The number of hydrogen-bond donors (Lipinski definition) is 1. The molecule has 0 aromatic heterocycles. The summed E-state index contributed by atoms with van der Waals surface area (Å²) in [6.07, 6.45) is 0. The van der Waals surface area contributed by atoms with Crippen LogP contribution in [0.2, 0.25) is 0 Å². The summed E-state index contributed by atoms with van der Waals surface area (Å²) in [4.78, 5) is 3.49. The van der Waals surface area contributed by atoms with Crippen molar-refractivity contribution in [3.63, 3.8) is 0 Å². The smallest absolute Gasteiger partial charge is 0.320 e. The van der Waals surface area contributed by atoms with E-state index in [9.17, 15) is 8.42 Å². The Hall–Kier alpha value is -0.620. The number of nitrogens with two attached hydrogens (primary N) is 1. The number of primary sulfonamides is 1. The number of sulfonamides is 1. The molecular weight excluding hydrogens is 144 g/mol. The molecule has 0 aromatic carbocycles. The topological polar surface area (TPSA) is 81.8 Å². The highest BCUT2D eigenvalue weighted by atomic mass is 32.2. The van der Waals surface area contributed by atoms with Crippen LogP contribution in [0.25, 0.3) is 0 Å². The highest BCUT2D eigenvalue weighted by Crippen LogP contribution is 1.96.